The molecule has 2 rings (SSSR count). The van der Waals surface area contributed by atoms with Gasteiger partial charge in [-0.25, -0.2) is 9.18 Å². The number of benzene rings is 2. The topological polar surface area (TPSA) is 66.6 Å². The molecular weight excluding hydrogens is 295 g/mol. The molecule has 2 aromatic rings. The first-order valence-corrected chi connectivity index (χ1v) is 6.54. The Labute approximate surface area is 126 Å². The minimum atomic E-state index is -1.07. The molecule has 0 spiro atoms. The Morgan fingerprint density at radius 3 is 2.71 bits per heavy atom. The van der Waals surface area contributed by atoms with Crippen molar-refractivity contribution >= 4 is 28.9 Å². The van der Waals surface area contributed by atoms with E-state index in [9.17, 15) is 14.3 Å². The number of hydrogen-bond donors (Lipinski definition) is 2. The molecule has 2 aromatic carbocycles. The van der Waals surface area contributed by atoms with Crippen LogP contribution in [0.1, 0.15) is 15.9 Å². The summed E-state index contributed by atoms with van der Waals surface area (Å²) in [5, 5.41) is 9.66. The van der Waals surface area contributed by atoms with E-state index in [1.165, 1.54) is 24.3 Å². The van der Waals surface area contributed by atoms with Crippen molar-refractivity contribution in [3.63, 3.8) is 0 Å². The second kappa shape index (κ2) is 6.01. The normalized spacial score (nSPS) is 10.4. The van der Waals surface area contributed by atoms with Crippen LogP contribution in [0, 0.1) is 5.82 Å². The van der Waals surface area contributed by atoms with E-state index < -0.39 is 11.8 Å². The minimum absolute atomic E-state index is 0.0880. The average molecular weight is 309 g/mol. The Bertz CT molecular complexity index is 691. The summed E-state index contributed by atoms with van der Waals surface area (Å²) in [6, 6.07) is 8.70. The van der Waals surface area contributed by atoms with Gasteiger partial charge in [0.2, 0.25) is 0 Å². The number of nitrogen functional groups attached to an aromatic ring is 1. The second-order valence-corrected chi connectivity index (χ2v) is 5.08. The summed E-state index contributed by atoms with van der Waals surface area (Å²) >= 11 is 6.03. The van der Waals surface area contributed by atoms with E-state index >= 15 is 0 Å². The lowest BCUT2D eigenvalue weighted by atomic mass is 10.1. The number of anilines is 2. The number of halogens is 2. The van der Waals surface area contributed by atoms with Gasteiger partial charge in [-0.1, -0.05) is 11.6 Å². The molecule has 0 aliphatic carbocycles. The highest BCUT2D eigenvalue weighted by atomic mass is 35.5. The maximum atomic E-state index is 13.3. The Kier molecular flexibility index (Phi) is 4.33. The lowest BCUT2D eigenvalue weighted by Crippen LogP contribution is -2.20. The van der Waals surface area contributed by atoms with E-state index in [2.05, 4.69) is 0 Å². The number of nitrogens with two attached hydrogens (primary N) is 1. The summed E-state index contributed by atoms with van der Waals surface area (Å²) in [6.07, 6.45) is 0. The van der Waals surface area contributed by atoms with Gasteiger partial charge in [-0.3, -0.25) is 0 Å². The van der Waals surface area contributed by atoms with Gasteiger partial charge in [0.25, 0.3) is 0 Å². The van der Waals surface area contributed by atoms with E-state index in [4.69, 9.17) is 17.3 Å². The number of carboxylic acid groups (broad SMARTS) is 1. The van der Waals surface area contributed by atoms with E-state index in [1.807, 2.05) is 0 Å². The Morgan fingerprint density at radius 2 is 2.05 bits per heavy atom. The van der Waals surface area contributed by atoms with Crippen molar-refractivity contribution in [2.24, 2.45) is 0 Å². The number of hydrogen-bond acceptors (Lipinski definition) is 3. The van der Waals surface area contributed by atoms with E-state index in [-0.39, 0.29) is 12.1 Å². The minimum Gasteiger partial charge on any atom is -0.478 e. The molecule has 0 fully saturated rings. The van der Waals surface area contributed by atoms with Crippen molar-refractivity contribution < 1.29 is 14.3 Å². The van der Waals surface area contributed by atoms with Crippen LogP contribution in [0.4, 0.5) is 15.8 Å². The van der Waals surface area contributed by atoms with Gasteiger partial charge >= 0.3 is 5.97 Å². The first-order chi connectivity index (χ1) is 9.88. The molecule has 0 aliphatic heterocycles. The molecule has 0 unspecified atom stereocenters. The molecule has 0 heterocycles. The van der Waals surface area contributed by atoms with Crippen LogP contribution in [0.3, 0.4) is 0 Å². The van der Waals surface area contributed by atoms with Crippen molar-refractivity contribution in [2.75, 3.05) is 17.7 Å². The summed E-state index contributed by atoms with van der Waals surface area (Å²) in [6.45, 7) is 0.279. The maximum Gasteiger partial charge on any atom is 0.337 e. The summed E-state index contributed by atoms with van der Waals surface area (Å²) in [5.41, 5.74) is 7.13. The fraction of sp³-hybridized carbons (Fsp3) is 0.133. The number of carbonyl (C=O) groups is 1. The molecule has 0 amide bonds. The predicted octanol–water partition coefficient (Wildman–Crippen LogP) is 3.40. The molecule has 0 saturated carbocycles. The van der Waals surface area contributed by atoms with Gasteiger partial charge in [0.15, 0.2) is 0 Å². The van der Waals surface area contributed by atoms with Crippen LogP contribution in [0.25, 0.3) is 0 Å². The van der Waals surface area contributed by atoms with Crippen LogP contribution < -0.4 is 10.6 Å². The van der Waals surface area contributed by atoms with E-state index in [0.29, 0.717) is 22.0 Å². The molecule has 0 saturated heterocycles. The summed E-state index contributed by atoms with van der Waals surface area (Å²) in [4.78, 5) is 13.0. The highest BCUT2D eigenvalue weighted by Gasteiger charge is 2.15. The van der Waals surface area contributed by atoms with Crippen LogP contribution >= 0.6 is 11.6 Å². The van der Waals surface area contributed by atoms with Crippen molar-refractivity contribution in [3.05, 3.63) is 58.4 Å². The van der Waals surface area contributed by atoms with Gasteiger partial charge in [-0.15, -0.1) is 0 Å². The number of carboxylic acids is 1. The summed E-state index contributed by atoms with van der Waals surface area (Å²) in [5.74, 6) is -1.46. The zero-order valence-electron chi connectivity index (χ0n) is 11.3. The van der Waals surface area contributed by atoms with Gasteiger partial charge in [0, 0.05) is 24.3 Å². The average Bonchev–Trinajstić information content (AvgIpc) is 2.42. The van der Waals surface area contributed by atoms with Gasteiger partial charge < -0.3 is 15.7 Å². The fourth-order valence-corrected chi connectivity index (χ4v) is 2.24. The lowest BCUT2D eigenvalue weighted by Gasteiger charge is -2.22. The zero-order chi connectivity index (χ0) is 15.6. The Morgan fingerprint density at radius 1 is 1.33 bits per heavy atom. The van der Waals surface area contributed by atoms with Crippen LogP contribution in [0.15, 0.2) is 36.4 Å². The quantitative estimate of drug-likeness (QED) is 0.850. The first kappa shape index (κ1) is 15.1. The number of rotatable bonds is 4. The molecule has 0 radical (unpaired) electrons. The summed E-state index contributed by atoms with van der Waals surface area (Å²) < 4.78 is 13.3. The van der Waals surface area contributed by atoms with Crippen molar-refractivity contribution in [2.45, 2.75) is 6.54 Å². The SMILES string of the molecule is CN(Cc1cc(F)ccc1Cl)c1ccc(N)cc1C(=O)O. The van der Waals surface area contributed by atoms with Crippen LogP contribution in [0.5, 0.6) is 0 Å². The molecule has 0 atom stereocenters. The Balaban J connectivity index is 2.34. The molecule has 0 aliphatic rings. The standard InChI is InChI=1S/C15H14ClFN2O2/c1-19(8-9-6-10(17)2-4-13(9)16)14-5-3-11(18)7-12(14)15(20)21/h2-7H,8,18H2,1H3,(H,20,21). The maximum absolute atomic E-state index is 13.3. The van der Waals surface area contributed by atoms with Gasteiger partial charge in [0.05, 0.1) is 11.3 Å². The lowest BCUT2D eigenvalue weighted by molar-refractivity contribution is 0.0697. The van der Waals surface area contributed by atoms with Gasteiger partial charge in [-0.05, 0) is 42.0 Å². The molecule has 0 bridgehead atoms. The van der Waals surface area contributed by atoms with Gasteiger partial charge in [-0.2, -0.15) is 0 Å². The molecular formula is C15H14ClFN2O2. The van der Waals surface area contributed by atoms with Gasteiger partial charge in [0.1, 0.15) is 5.82 Å². The predicted molar refractivity (Wildman–Crippen MR) is 81.3 cm³/mol. The third-order valence-electron chi connectivity index (χ3n) is 3.08. The highest BCUT2D eigenvalue weighted by molar-refractivity contribution is 6.31. The summed E-state index contributed by atoms with van der Waals surface area (Å²) in [7, 11) is 1.71. The molecule has 3 N–H and O–H groups in total. The van der Waals surface area contributed by atoms with E-state index in [0.717, 1.165) is 0 Å². The van der Waals surface area contributed by atoms with E-state index in [1.54, 1.807) is 24.1 Å². The molecule has 21 heavy (non-hydrogen) atoms. The highest BCUT2D eigenvalue weighted by Crippen LogP contribution is 2.26. The zero-order valence-corrected chi connectivity index (χ0v) is 12.1. The number of aromatic carboxylic acids is 1. The molecule has 110 valence electrons. The Hall–Kier alpha value is -2.27. The second-order valence-electron chi connectivity index (χ2n) is 4.67. The van der Waals surface area contributed by atoms with Crippen molar-refractivity contribution in [1.82, 2.24) is 0 Å². The van der Waals surface area contributed by atoms with Crippen LogP contribution in [-0.2, 0) is 6.54 Å². The molecule has 4 nitrogen and oxygen atoms in total. The van der Waals surface area contributed by atoms with Crippen LogP contribution in [-0.4, -0.2) is 18.1 Å². The molecule has 0 aromatic heterocycles. The monoisotopic (exact) mass is 308 g/mol. The van der Waals surface area contributed by atoms with Crippen LogP contribution in [0.2, 0.25) is 5.02 Å². The first-order valence-electron chi connectivity index (χ1n) is 6.16. The fourth-order valence-electron chi connectivity index (χ4n) is 2.06. The number of nitrogens with zero attached hydrogens (tertiary/aromatic N) is 1. The smallest absolute Gasteiger partial charge is 0.337 e. The van der Waals surface area contributed by atoms with Crippen molar-refractivity contribution in [3.8, 4) is 0 Å². The van der Waals surface area contributed by atoms with Crippen molar-refractivity contribution in [1.29, 1.82) is 0 Å². The third-order valence-corrected chi connectivity index (χ3v) is 3.45. The largest absolute Gasteiger partial charge is 0.478 e. The third kappa shape index (κ3) is 3.44. The molecule has 6 heteroatoms.